The molecular formula is C14H15BrN2. The average Bonchev–Trinajstić information content (AvgIpc) is 3.01. The Morgan fingerprint density at radius 2 is 2.24 bits per heavy atom. The standard InChI is InChI=1S/C14H15BrN2/c1-2-10-8-14(10,16)13-11(15)7-9-5-3-4-6-12(9)17-13/h3-7,10H,2,8,16H2,1H3. The molecule has 1 fully saturated rings. The Morgan fingerprint density at radius 1 is 1.47 bits per heavy atom. The number of para-hydroxylation sites is 1. The lowest BCUT2D eigenvalue weighted by atomic mass is 10.1. The monoisotopic (exact) mass is 290 g/mol. The Balaban J connectivity index is 2.15. The van der Waals surface area contributed by atoms with Gasteiger partial charge in [-0.1, -0.05) is 31.5 Å². The summed E-state index contributed by atoms with van der Waals surface area (Å²) >= 11 is 3.61. The molecule has 0 aliphatic heterocycles. The molecule has 3 heteroatoms. The second-order valence-electron chi connectivity index (χ2n) is 4.86. The minimum Gasteiger partial charge on any atom is -0.320 e. The summed E-state index contributed by atoms with van der Waals surface area (Å²) in [7, 11) is 0. The van der Waals surface area contributed by atoms with E-state index in [0.717, 1.165) is 33.9 Å². The van der Waals surface area contributed by atoms with Crippen molar-refractivity contribution in [2.24, 2.45) is 11.7 Å². The Bertz CT molecular complexity index is 581. The van der Waals surface area contributed by atoms with Gasteiger partial charge in [0, 0.05) is 9.86 Å². The van der Waals surface area contributed by atoms with Crippen LogP contribution >= 0.6 is 15.9 Å². The summed E-state index contributed by atoms with van der Waals surface area (Å²) in [5, 5.41) is 1.15. The Kier molecular flexibility index (Phi) is 2.49. The first-order valence-corrected chi connectivity index (χ1v) is 6.79. The smallest absolute Gasteiger partial charge is 0.0754 e. The van der Waals surface area contributed by atoms with Crippen LogP contribution in [0, 0.1) is 5.92 Å². The van der Waals surface area contributed by atoms with E-state index in [0.29, 0.717) is 5.92 Å². The van der Waals surface area contributed by atoms with Gasteiger partial charge in [0.25, 0.3) is 0 Å². The molecule has 2 aromatic rings. The highest BCUT2D eigenvalue weighted by atomic mass is 79.9. The number of halogens is 1. The van der Waals surface area contributed by atoms with Gasteiger partial charge >= 0.3 is 0 Å². The molecule has 17 heavy (non-hydrogen) atoms. The van der Waals surface area contributed by atoms with E-state index in [1.54, 1.807) is 0 Å². The van der Waals surface area contributed by atoms with Crippen molar-refractivity contribution in [2.75, 3.05) is 0 Å². The number of aromatic nitrogens is 1. The lowest BCUT2D eigenvalue weighted by Crippen LogP contribution is -2.24. The zero-order valence-electron chi connectivity index (χ0n) is 9.78. The molecule has 2 unspecified atom stereocenters. The maximum Gasteiger partial charge on any atom is 0.0754 e. The summed E-state index contributed by atoms with van der Waals surface area (Å²) in [6, 6.07) is 10.3. The fourth-order valence-corrected chi connectivity index (χ4v) is 3.27. The molecule has 0 amide bonds. The van der Waals surface area contributed by atoms with Gasteiger partial charge in [-0.25, -0.2) is 4.98 Å². The quantitative estimate of drug-likeness (QED) is 0.918. The van der Waals surface area contributed by atoms with E-state index < -0.39 is 0 Å². The fourth-order valence-electron chi connectivity index (χ4n) is 2.56. The van der Waals surface area contributed by atoms with Crippen molar-refractivity contribution in [1.82, 2.24) is 4.98 Å². The van der Waals surface area contributed by atoms with E-state index in [9.17, 15) is 0 Å². The van der Waals surface area contributed by atoms with Gasteiger partial charge in [-0.05, 0) is 40.4 Å². The second-order valence-corrected chi connectivity index (χ2v) is 5.72. The zero-order valence-corrected chi connectivity index (χ0v) is 11.4. The highest BCUT2D eigenvalue weighted by Gasteiger charge is 2.53. The number of nitrogens with two attached hydrogens (primary N) is 1. The lowest BCUT2D eigenvalue weighted by molar-refractivity contribution is 0.598. The van der Waals surface area contributed by atoms with Crippen LogP contribution in [-0.4, -0.2) is 4.98 Å². The molecule has 0 spiro atoms. The zero-order chi connectivity index (χ0) is 12.0. The molecule has 1 heterocycles. The number of pyridine rings is 1. The highest BCUT2D eigenvalue weighted by Crippen LogP contribution is 2.52. The van der Waals surface area contributed by atoms with Crippen molar-refractivity contribution in [3.63, 3.8) is 0 Å². The number of rotatable bonds is 2. The van der Waals surface area contributed by atoms with Crippen molar-refractivity contribution < 1.29 is 0 Å². The number of hydrogen-bond acceptors (Lipinski definition) is 2. The maximum atomic E-state index is 6.42. The number of benzene rings is 1. The topological polar surface area (TPSA) is 38.9 Å². The van der Waals surface area contributed by atoms with Crippen LogP contribution in [0.4, 0.5) is 0 Å². The summed E-state index contributed by atoms with van der Waals surface area (Å²) in [5.41, 5.74) is 8.25. The molecule has 1 aromatic carbocycles. The minimum atomic E-state index is -0.211. The van der Waals surface area contributed by atoms with Gasteiger partial charge in [-0.15, -0.1) is 0 Å². The van der Waals surface area contributed by atoms with Gasteiger partial charge in [0.2, 0.25) is 0 Å². The van der Waals surface area contributed by atoms with Gasteiger partial charge in [-0.2, -0.15) is 0 Å². The summed E-state index contributed by atoms with van der Waals surface area (Å²) < 4.78 is 1.04. The van der Waals surface area contributed by atoms with Crippen molar-refractivity contribution in [3.8, 4) is 0 Å². The molecule has 1 aliphatic carbocycles. The first-order chi connectivity index (χ1) is 8.15. The molecular weight excluding hydrogens is 276 g/mol. The maximum absolute atomic E-state index is 6.42. The third-order valence-electron chi connectivity index (χ3n) is 3.76. The molecule has 88 valence electrons. The molecule has 0 bridgehead atoms. The van der Waals surface area contributed by atoms with E-state index >= 15 is 0 Å². The molecule has 0 radical (unpaired) electrons. The van der Waals surface area contributed by atoms with Crippen LogP contribution in [-0.2, 0) is 5.54 Å². The van der Waals surface area contributed by atoms with Crippen molar-refractivity contribution >= 4 is 26.8 Å². The fraction of sp³-hybridized carbons (Fsp3) is 0.357. The average molecular weight is 291 g/mol. The van der Waals surface area contributed by atoms with Gasteiger partial charge in [0.15, 0.2) is 0 Å². The van der Waals surface area contributed by atoms with Gasteiger partial charge < -0.3 is 5.73 Å². The van der Waals surface area contributed by atoms with Crippen LogP contribution in [0.3, 0.4) is 0 Å². The van der Waals surface area contributed by atoms with Crippen LogP contribution in [0.15, 0.2) is 34.8 Å². The van der Waals surface area contributed by atoms with E-state index in [1.165, 1.54) is 0 Å². The largest absolute Gasteiger partial charge is 0.320 e. The Labute approximate surface area is 109 Å². The first kappa shape index (κ1) is 11.2. The summed E-state index contributed by atoms with van der Waals surface area (Å²) in [6.45, 7) is 2.19. The van der Waals surface area contributed by atoms with Crippen LogP contribution < -0.4 is 5.73 Å². The second kappa shape index (κ2) is 3.79. The van der Waals surface area contributed by atoms with Crippen LogP contribution in [0.25, 0.3) is 10.9 Å². The third kappa shape index (κ3) is 1.69. The Morgan fingerprint density at radius 3 is 2.94 bits per heavy atom. The van der Waals surface area contributed by atoms with E-state index in [4.69, 9.17) is 10.7 Å². The molecule has 1 aromatic heterocycles. The van der Waals surface area contributed by atoms with Crippen LogP contribution in [0.1, 0.15) is 25.5 Å². The minimum absolute atomic E-state index is 0.211. The molecule has 2 N–H and O–H groups in total. The van der Waals surface area contributed by atoms with Crippen molar-refractivity contribution in [1.29, 1.82) is 0 Å². The van der Waals surface area contributed by atoms with Gasteiger partial charge in [-0.3, -0.25) is 0 Å². The summed E-state index contributed by atoms with van der Waals surface area (Å²) in [5.74, 6) is 0.576. The number of fused-ring (bicyclic) bond motifs is 1. The normalized spacial score (nSPS) is 27.4. The number of hydrogen-bond donors (Lipinski definition) is 1. The highest BCUT2D eigenvalue weighted by molar-refractivity contribution is 9.10. The van der Waals surface area contributed by atoms with E-state index in [2.05, 4.69) is 35.0 Å². The van der Waals surface area contributed by atoms with Gasteiger partial charge in [0.1, 0.15) is 0 Å². The molecule has 3 rings (SSSR count). The van der Waals surface area contributed by atoms with Crippen molar-refractivity contribution in [3.05, 3.63) is 40.5 Å². The number of nitrogens with zero attached hydrogens (tertiary/aromatic N) is 1. The third-order valence-corrected chi connectivity index (χ3v) is 4.37. The van der Waals surface area contributed by atoms with E-state index in [-0.39, 0.29) is 5.54 Å². The SMILES string of the molecule is CCC1CC1(N)c1nc2ccccc2cc1Br. The van der Waals surface area contributed by atoms with Crippen LogP contribution in [0.5, 0.6) is 0 Å². The molecule has 1 saturated carbocycles. The summed E-state index contributed by atoms with van der Waals surface area (Å²) in [6.07, 6.45) is 2.17. The first-order valence-electron chi connectivity index (χ1n) is 6.00. The lowest BCUT2D eigenvalue weighted by Gasteiger charge is -2.13. The van der Waals surface area contributed by atoms with Crippen molar-refractivity contribution in [2.45, 2.75) is 25.3 Å². The van der Waals surface area contributed by atoms with E-state index in [1.807, 2.05) is 18.2 Å². The Hall–Kier alpha value is -0.930. The molecule has 0 saturated heterocycles. The molecule has 2 nitrogen and oxygen atoms in total. The predicted molar refractivity (Wildman–Crippen MR) is 73.7 cm³/mol. The molecule has 1 aliphatic rings. The van der Waals surface area contributed by atoms with Crippen LogP contribution in [0.2, 0.25) is 0 Å². The summed E-state index contributed by atoms with van der Waals surface area (Å²) in [4.78, 5) is 4.73. The predicted octanol–water partition coefficient (Wildman–Crippen LogP) is 3.58. The van der Waals surface area contributed by atoms with Gasteiger partial charge in [0.05, 0.1) is 16.7 Å². The molecule has 2 atom stereocenters.